The number of hydrogen-bond acceptors (Lipinski definition) is 4. The highest BCUT2D eigenvalue weighted by Gasteiger charge is 2.22. The Morgan fingerprint density at radius 2 is 1.71 bits per heavy atom. The van der Waals surface area contributed by atoms with Gasteiger partial charge in [0, 0.05) is 24.6 Å². The van der Waals surface area contributed by atoms with Crippen molar-refractivity contribution in [2.45, 2.75) is 11.3 Å². The van der Waals surface area contributed by atoms with Crippen molar-refractivity contribution in [1.82, 2.24) is 0 Å². The molecule has 24 heavy (non-hydrogen) atoms. The SMILES string of the molecule is O=S(=O)(Nc1cc2c(cc1Cl)OCCCO2)c1ccc(F)cc1F. The zero-order valence-corrected chi connectivity index (χ0v) is 13.8. The fourth-order valence-electron chi connectivity index (χ4n) is 2.16. The van der Waals surface area contributed by atoms with Gasteiger partial charge in [0.05, 0.1) is 23.9 Å². The summed E-state index contributed by atoms with van der Waals surface area (Å²) in [6, 6.07) is 4.96. The number of ether oxygens (including phenoxy) is 2. The second-order valence-electron chi connectivity index (χ2n) is 5.01. The van der Waals surface area contributed by atoms with Crippen LogP contribution >= 0.6 is 11.6 Å². The largest absolute Gasteiger partial charge is 0.490 e. The average Bonchev–Trinajstić information content (AvgIpc) is 2.72. The van der Waals surface area contributed by atoms with E-state index in [1.807, 2.05) is 0 Å². The fourth-order valence-corrected chi connectivity index (χ4v) is 3.54. The molecule has 1 aliphatic rings. The van der Waals surface area contributed by atoms with Gasteiger partial charge in [-0.25, -0.2) is 17.2 Å². The van der Waals surface area contributed by atoms with Gasteiger partial charge >= 0.3 is 0 Å². The van der Waals surface area contributed by atoms with Crippen molar-refractivity contribution in [3.8, 4) is 11.5 Å². The lowest BCUT2D eigenvalue weighted by molar-refractivity contribution is 0.297. The molecule has 3 rings (SSSR count). The summed E-state index contributed by atoms with van der Waals surface area (Å²) in [6.45, 7) is 0.864. The Kier molecular flexibility index (Phi) is 4.51. The summed E-state index contributed by atoms with van der Waals surface area (Å²) < 4.78 is 64.4. The van der Waals surface area contributed by atoms with Crippen molar-refractivity contribution < 1.29 is 26.7 Å². The summed E-state index contributed by atoms with van der Waals surface area (Å²) in [5.74, 6) is -1.35. The van der Waals surface area contributed by atoms with E-state index in [2.05, 4.69) is 4.72 Å². The molecule has 1 heterocycles. The first-order valence-electron chi connectivity index (χ1n) is 6.94. The fraction of sp³-hybridized carbons (Fsp3) is 0.200. The van der Waals surface area contributed by atoms with E-state index in [1.165, 1.54) is 12.1 Å². The van der Waals surface area contributed by atoms with Gasteiger partial charge in [0.1, 0.15) is 16.5 Å². The predicted molar refractivity (Wildman–Crippen MR) is 84.2 cm³/mol. The lowest BCUT2D eigenvalue weighted by atomic mass is 10.3. The molecule has 0 unspecified atom stereocenters. The van der Waals surface area contributed by atoms with Gasteiger partial charge in [0.2, 0.25) is 0 Å². The van der Waals surface area contributed by atoms with Gasteiger partial charge < -0.3 is 9.47 Å². The van der Waals surface area contributed by atoms with Crippen molar-refractivity contribution in [1.29, 1.82) is 0 Å². The van der Waals surface area contributed by atoms with Gasteiger partial charge in [-0.2, -0.15) is 0 Å². The van der Waals surface area contributed by atoms with E-state index in [4.69, 9.17) is 21.1 Å². The van der Waals surface area contributed by atoms with E-state index in [-0.39, 0.29) is 10.7 Å². The van der Waals surface area contributed by atoms with Gasteiger partial charge in [0.15, 0.2) is 11.5 Å². The molecule has 9 heteroatoms. The van der Waals surface area contributed by atoms with E-state index in [1.54, 1.807) is 0 Å². The van der Waals surface area contributed by atoms with E-state index in [0.717, 1.165) is 12.1 Å². The van der Waals surface area contributed by atoms with Crippen LogP contribution in [0.3, 0.4) is 0 Å². The Labute approximate surface area is 142 Å². The Balaban J connectivity index is 1.96. The van der Waals surface area contributed by atoms with Crippen LogP contribution in [0.15, 0.2) is 35.2 Å². The van der Waals surface area contributed by atoms with Crippen LogP contribution in [0.4, 0.5) is 14.5 Å². The minimum Gasteiger partial charge on any atom is -0.490 e. The van der Waals surface area contributed by atoms with Crippen LogP contribution in [0.25, 0.3) is 0 Å². The molecule has 0 radical (unpaired) electrons. The predicted octanol–water partition coefficient (Wildman–Crippen LogP) is 3.58. The maximum atomic E-state index is 13.7. The molecule has 0 saturated carbocycles. The zero-order chi connectivity index (χ0) is 17.3. The lowest BCUT2D eigenvalue weighted by Gasteiger charge is -2.14. The number of halogens is 3. The number of hydrogen-bond donors (Lipinski definition) is 1. The van der Waals surface area contributed by atoms with Gasteiger partial charge in [-0.3, -0.25) is 4.72 Å². The molecule has 2 aromatic rings. The average molecular weight is 376 g/mol. The first kappa shape index (κ1) is 16.8. The summed E-state index contributed by atoms with van der Waals surface area (Å²) in [7, 11) is -4.29. The molecule has 0 atom stereocenters. The van der Waals surface area contributed by atoms with Crippen LogP contribution in [0.1, 0.15) is 6.42 Å². The highest BCUT2D eigenvalue weighted by molar-refractivity contribution is 7.92. The molecular weight excluding hydrogens is 364 g/mol. The quantitative estimate of drug-likeness (QED) is 0.890. The number of benzene rings is 2. The first-order valence-corrected chi connectivity index (χ1v) is 8.80. The summed E-state index contributed by atoms with van der Waals surface area (Å²) in [6.07, 6.45) is 0.675. The minimum atomic E-state index is -4.29. The molecule has 0 spiro atoms. The monoisotopic (exact) mass is 375 g/mol. The van der Waals surface area contributed by atoms with E-state index < -0.39 is 26.6 Å². The van der Waals surface area contributed by atoms with Gasteiger partial charge in [0.25, 0.3) is 10.0 Å². The molecule has 0 fully saturated rings. The maximum absolute atomic E-state index is 13.7. The molecule has 0 aromatic heterocycles. The Hall–Kier alpha value is -2.06. The molecule has 1 aliphatic heterocycles. The standard InChI is InChI=1S/C15H12ClF2NO4S/c16-10-7-13-14(23-5-1-4-22-13)8-12(10)19-24(20,21)15-3-2-9(17)6-11(15)18/h2-3,6-8,19H,1,4-5H2. The Bertz CT molecular complexity index is 889. The van der Waals surface area contributed by atoms with Crippen LogP contribution in [0.2, 0.25) is 5.02 Å². The Morgan fingerprint density at radius 1 is 1.04 bits per heavy atom. The minimum absolute atomic E-state index is 0.00430. The van der Waals surface area contributed by atoms with Crippen LogP contribution in [0, 0.1) is 11.6 Å². The van der Waals surface area contributed by atoms with E-state index in [9.17, 15) is 17.2 Å². The zero-order valence-electron chi connectivity index (χ0n) is 12.2. The smallest absolute Gasteiger partial charge is 0.264 e. The summed E-state index contributed by atoms with van der Waals surface area (Å²) >= 11 is 6.06. The maximum Gasteiger partial charge on any atom is 0.264 e. The van der Waals surface area contributed by atoms with Gasteiger partial charge in [-0.15, -0.1) is 0 Å². The highest BCUT2D eigenvalue weighted by Crippen LogP contribution is 2.38. The summed E-state index contributed by atoms with van der Waals surface area (Å²) in [5, 5.41) is 0.0605. The molecule has 1 N–H and O–H groups in total. The van der Waals surface area contributed by atoms with Crippen molar-refractivity contribution in [3.63, 3.8) is 0 Å². The first-order chi connectivity index (χ1) is 11.4. The number of fused-ring (bicyclic) bond motifs is 1. The highest BCUT2D eigenvalue weighted by atomic mass is 35.5. The van der Waals surface area contributed by atoms with Crippen LogP contribution in [-0.2, 0) is 10.0 Å². The molecular formula is C15H12ClF2NO4S. The number of nitrogens with one attached hydrogen (secondary N) is 1. The molecule has 0 aliphatic carbocycles. The second kappa shape index (κ2) is 6.45. The molecule has 2 aromatic carbocycles. The third-order valence-corrected chi connectivity index (χ3v) is 4.98. The normalized spacial score (nSPS) is 14.1. The van der Waals surface area contributed by atoms with Crippen molar-refractivity contribution in [2.75, 3.05) is 17.9 Å². The van der Waals surface area contributed by atoms with E-state index in [0.29, 0.717) is 37.2 Å². The van der Waals surface area contributed by atoms with Crippen molar-refractivity contribution in [2.24, 2.45) is 0 Å². The molecule has 0 bridgehead atoms. The van der Waals surface area contributed by atoms with E-state index >= 15 is 0 Å². The number of sulfonamides is 1. The summed E-state index contributed by atoms with van der Waals surface area (Å²) in [4.78, 5) is -0.688. The molecule has 0 saturated heterocycles. The lowest BCUT2D eigenvalue weighted by Crippen LogP contribution is -2.15. The van der Waals surface area contributed by atoms with Crippen LogP contribution < -0.4 is 14.2 Å². The third-order valence-electron chi connectivity index (χ3n) is 3.26. The van der Waals surface area contributed by atoms with Crippen molar-refractivity contribution in [3.05, 3.63) is 47.0 Å². The Morgan fingerprint density at radius 3 is 2.38 bits per heavy atom. The molecule has 5 nitrogen and oxygen atoms in total. The molecule has 128 valence electrons. The topological polar surface area (TPSA) is 64.6 Å². The second-order valence-corrected chi connectivity index (χ2v) is 7.07. The van der Waals surface area contributed by atoms with Gasteiger partial charge in [-0.05, 0) is 12.1 Å². The van der Waals surface area contributed by atoms with Crippen LogP contribution in [0.5, 0.6) is 11.5 Å². The summed E-state index contributed by atoms with van der Waals surface area (Å²) in [5.41, 5.74) is 0.00430. The third kappa shape index (κ3) is 3.39. The van der Waals surface area contributed by atoms with Gasteiger partial charge in [-0.1, -0.05) is 11.6 Å². The van der Waals surface area contributed by atoms with Crippen LogP contribution in [-0.4, -0.2) is 21.6 Å². The number of rotatable bonds is 3. The molecule has 0 amide bonds. The van der Waals surface area contributed by atoms with Crippen molar-refractivity contribution >= 4 is 27.3 Å². The number of anilines is 1.